The molecule has 0 bridgehead atoms. The fraction of sp³-hybridized carbons (Fsp3) is 0.318. The van der Waals surface area contributed by atoms with Crippen molar-refractivity contribution >= 4 is 22.8 Å². The molecule has 0 radical (unpaired) electrons. The van der Waals surface area contributed by atoms with Gasteiger partial charge in [0, 0.05) is 32.6 Å². The molecule has 1 aliphatic heterocycles. The van der Waals surface area contributed by atoms with E-state index in [1.807, 2.05) is 54.6 Å². The molecule has 1 aromatic heterocycles. The largest absolute Gasteiger partial charge is 0.356 e. The molecule has 0 saturated carbocycles. The summed E-state index contributed by atoms with van der Waals surface area (Å²) >= 11 is 0. The van der Waals surface area contributed by atoms with Gasteiger partial charge in [0.05, 0.1) is 23.5 Å². The quantitative estimate of drug-likeness (QED) is 0.571. The van der Waals surface area contributed by atoms with Crippen molar-refractivity contribution in [3.8, 4) is 0 Å². The zero-order chi connectivity index (χ0) is 20.1. The average molecular weight is 391 g/mol. The summed E-state index contributed by atoms with van der Waals surface area (Å²) in [6.45, 7) is 2.48. The summed E-state index contributed by atoms with van der Waals surface area (Å²) in [5.74, 6) is 0.633. The molecule has 3 N–H and O–H groups in total. The molecule has 4 rings (SSSR count). The molecule has 2 amide bonds. The number of aromatic nitrogens is 2. The van der Waals surface area contributed by atoms with Crippen LogP contribution in [0.3, 0.4) is 0 Å². The second-order valence-electron chi connectivity index (χ2n) is 7.27. The maximum Gasteiger partial charge on any atom is 0.237 e. The second kappa shape index (κ2) is 8.87. The lowest BCUT2D eigenvalue weighted by Crippen LogP contribution is -2.56. The number of hydrogen-bond donors (Lipinski definition) is 3. The molecule has 0 unspecified atom stereocenters. The molecule has 1 atom stereocenters. The van der Waals surface area contributed by atoms with Crippen LogP contribution in [-0.4, -0.2) is 52.4 Å². The van der Waals surface area contributed by atoms with Crippen LogP contribution in [0.1, 0.15) is 17.8 Å². The SMILES string of the molecule is O=C(C[C@H]1C(=O)NCCN1Cc1ccccc1)NCCc1nc2ccccc2[nH]1. The van der Waals surface area contributed by atoms with Gasteiger partial charge in [-0.2, -0.15) is 0 Å². The van der Waals surface area contributed by atoms with Gasteiger partial charge in [0.15, 0.2) is 0 Å². The number of nitrogens with one attached hydrogen (secondary N) is 3. The van der Waals surface area contributed by atoms with Crippen molar-refractivity contribution < 1.29 is 9.59 Å². The number of imidazole rings is 1. The number of para-hydroxylation sites is 2. The molecular weight excluding hydrogens is 366 g/mol. The smallest absolute Gasteiger partial charge is 0.237 e. The Labute approximate surface area is 169 Å². The molecule has 1 saturated heterocycles. The first-order chi connectivity index (χ1) is 14.2. The highest BCUT2D eigenvalue weighted by Crippen LogP contribution is 2.14. The first-order valence-corrected chi connectivity index (χ1v) is 9.95. The summed E-state index contributed by atoms with van der Waals surface area (Å²) in [7, 11) is 0. The third-order valence-corrected chi connectivity index (χ3v) is 5.17. The number of nitrogens with zero attached hydrogens (tertiary/aromatic N) is 2. The maximum atomic E-state index is 12.5. The number of hydrogen-bond acceptors (Lipinski definition) is 4. The van der Waals surface area contributed by atoms with Crippen LogP contribution in [0.25, 0.3) is 11.0 Å². The Morgan fingerprint density at radius 1 is 1.14 bits per heavy atom. The number of rotatable bonds is 7. The zero-order valence-corrected chi connectivity index (χ0v) is 16.2. The zero-order valence-electron chi connectivity index (χ0n) is 16.2. The number of carbonyl (C=O) groups excluding carboxylic acids is 2. The Balaban J connectivity index is 1.31. The Morgan fingerprint density at radius 2 is 1.93 bits per heavy atom. The van der Waals surface area contributed by atoms with E-state index in [0.29, 0.717) is 26.1 Å². The summed E-state index contributed by atoms with van der Waals surface area (Å²) in [6.07, 6.45) is 0.768. The predicted molar refractivity (Wildman–Crippen MR) is 111 cm³/mol. The molecule has 2 heterocycles. The lowest BCUT2D eigenvalue weighted by Gasteiger charge is -2.34. The maximum absolute atomic E-state index is 12.5. The van der Waals surface area contributed by atoms with E-state index in [2.05, 4.69) is 25.5 Å². The highest BCUT2D eigenvalue weighted by molar-refractivity contribution is 5.88. The average Bonchev–Trinajstić information content (AvgIpc) is 3.14. The highest BCUT2D eigenvalue weighted by atomic mass is 16.2. The highest BCUT2D eigenvalue weighted by Gasteiger charge is 2.31. The molecule has 29 heavy (non-hydrogen) atoms. The van der Waals surface area contributed by atoms with E-state index in [9.17, 15) is 9.59 Å². The van der Waals surface area contributed by atoms with Crippen molar-refractivity contribution in [2.75, 3.05) is 19.6 Å². The summed E-state index contributed by atoms with van der Waals surface area (Å²) in [5, 5.41) is 5.80. The normalized spacial score (nSPS) is 17.2. The fourth-order valence-corrected chi connectivity index (χ4v) is 3.68. The van der Waals surface area contributed by atoms with Crippen LogP contribution in [0.15, 0.2) is 54.6 Å². The number of piperazine rings is 1. The number of amides is 2. The van der Waals surface area contributed by atoms with Gasteiger partial charge in [-0.05, 0) is 17.7 Å². The van der Waals surface area contributed by atoms with Gasteiger partial charge in [0.2, 0.25) is 11.8 Å². The van der Waals surface area contributed by atoms with Crippen LogP contribution < -0.4 is 10.6 Å². The van der Waals surface area contributed by atoms with Crippen molar-refractivity contribution in [2.24, 2.45) is 0 Å². The molecule has 1 fully saturated rings. The minimum absolute atomic E-state index is 0.0837. The monoisotopic (exact) mass is 391 g/mol. The van der Waals surface area contributed by atoms with E-state index < -0.39 is 6.04 Å². The minimum atomic E-state index is -0.449. The van der Waals surface area contributed by atoms with E-state index in [1.165, 1.54) is 0 Å². The third kappa shape index (κ3) is 4.81. The molecule has 150 valence electrons. The van der Waals surface area contributed by atoms with Gasteiger partial charge in [-0.1, -0.05) is 42.5 Å². The lowest BCUT2D eigenvalue weighted by molar-refractivity contribution is -0.134. The fourth-order valence-electron chi connectivity index (χ4n) is 3.68. The van der Waals surface area contributed by atoms with E-state index >= 15 is 0 Å². The van der Waals surface area contributed by atoms with Gasteiger partial charge in [-0.25, -0.2) is 4.98 Å². The molecule has 0 spiro atoms. The Hall–Kier alpha value is -3.19. The molecule has 7 nitrogen and oxygen atoms in total. The minimum Gasteiger partial charge on any atom is -0.356 e. The van der Waals surface area contributed by atoms with Crippen LogP contribution in [0.2, 0.25) is 0 Å². The first-order valence-electron chi connectivity index (χ1n) is 9.95. The predicted octanol–water partition coefficient (Wildman–Crippen LogP) is 1.61. The van der Waals surface area contributed by atoms with E-state index in [4.69, 9.17) is 0 Å². The molecule has 1 aliphatic rings. The molecular formula is C22H25N5O2. The number of fused-ring (bicyclic) bond motifs is 1. The van der Waals surface area contributed by atoms with Gasteiger partial charge in [0.1, 0.15) is 5.82 Å². The van der Waals surface area contributed by atoms with Crippen LogP contribution in [0, 0.1) is 0 Å². The Kier molecular flexibility index (Phi) is 5.86. The summed E-state index contributed by atoms with van der Waals surface area (Å²) < 4.78 is 0. The van der Waals surface area contributed by atoms with Gasteiger partial charge in [-0.15, -0.1) is 0 Å². The van der Waals surface area contributed by atoms with E-state index in [0.717, 1.165) is 29.0 Å². The number of carbonyl (C=O) groups is 2. The van der Waals surface area contributed by atoms with Crippen LogP contribution in [0.5, 0.6) is 0 Å². The first kappa shape index (κ1) is 19.1. The lowest BCUT2D eigenvalue weighted by atomic mass is 10.1. The van der Waals surface area contributed by atoms with Crippen molar-refractivity contribution in [1.29, 1.82) is 0 Å². The van der Waals surface area contributed by atoms with Crippen molar-refractivity contribution in [1.82, 2.24) is 25.5 Å². The van der Waals surface area contributed by atoms with E-state index in [-0.39, 0.29) is 18.2 Å². The third-order valence-electron chi connectivity index (χ3n) is 5.17. The van der Waals surface area contributed by atoms with Crippen molar-refractivity contribution in [3.63, 3.8) is 0 Å². The van der Waals surface area contributed by atoms with Gasteiger partial charge in [0.25, 0.3) is 0 Å². The van der Waals surface area contributed by atoms with Crippen molar-refractivity contribution in [2.45, 2.75) is 25.4 Å². The number of aromatic amines is 1. The molecule has 0 aliphatic carbocycles. The van der Waals surface area contributed by atoms with Gasteiger partial charge >= 0.3 is 0 Å². The van der Waals surface area contributed by atoms with E-state index in [1.54, 1.807) is 0 Å². The number of H-pyrrole nitrogens is 1. The number of benzene rings is 2. The Morgan fingerprint density at radius 3 is 2.76 bits per heavy atom. The summed E-state index contributed by atoms with van der Waals surface area (Å²) in [6, 6.07) is 17.4. The van der Waals surface area contributed by atoms with Gasteiger partial charge < -0.3 is 15.6 Å². The standard InChI is InChI=1S/C22H25N5O2/c28-21(23-11-10-20-25-17-8-4-5-9-18(17)26-20)14-19-22(29)24-12-13-27(19)15-16-6-2-1-3-7-16/h1-9,19H,10-15H2,(H,23,28)(H,24,29)(H,25,26)/t19-/m0/s1. The second-order valence-corrected chi connectivity index (χ2v) is 7.27. The van der Waals surface area contributed by atoms with Gasteiger partial charge in [-0.3, -0.25) is 14.5 Å². The van der Waals surface area contributed by atoms with Crippen LogP contribution >= 0.6 is 0 Å². The summed E-state index contributed by atoms with van der Waals surface area (Å²) in [5.41, 5.74) is 3.05. The Bertz CT molecular complexity index is 952. The molecule has 3 aromatic rings. The molecule has 2 aromatic carbocycles. The van der Waals surface area contributed by atoms with Crippen molar-refractivity contribution in [3.05, 3.63) is 66.0 Å². The molecule has 7 heteroatoms. The van der Waals surface area contributed by atoms with Crippen LogP contribution in [0.4, 0.5) is 0 Å². The van der Waals surface area contributed by atoms with Crippen LogP contribution in [-0.2, 0) is 22.6 Å². The topological polar surface area (TPSA) is 90.1 Å². The summed E-state index contributed by atoms with van der Waals surface area (Å²) in [4.78, 5) is 34.7.